The summed E-state index contributed by atoms with van der Waals surface area (Å²) in [4.78, 5) is 18.1. The van der Waals surface area contributed by atoms with Crippen LogP contribution >= 0.6 is 0 Å². The van der Waals surface area contributed by atoms with Gasteiger partial charge in [0.05, 0.1) is 5.69 Å². The summed E-state index contributed by atoms with van der Waals surface area (Å²) < 4.78 is 40.5. The van der Waals surface area contributed by atoms with Crippen LogP contribution in [-0.2, 0) is 6.42 Å². The molecule has 0 spiro atoms. The second-order valence-electron chi connectivity index (χ2n) is 5.79. The van der Waals surface area contributed by atoms with E-state index in [-0.39, 0.29) is 24.5 Å². The van der Waals surface area contributed by atoms with Crippen molar-refractivity contribution >= 4 is 11.7 Å². The second kappa shape index (κ2) is 5.92. The largest absolute Gasteiger partial charge is 0.410 e. The molecular formula is C16H17F3N4O. The summed E-state index contributed by atoms with van der Waals surface area (Å²) in [7, 11) is 0. The van der Waals surface area contributed by atoms with Crippen molar-refractivity contribution in [2.24, 2.45) is 0 Å². The van der Waals surface area contributed by atoms with Gasteiger partial charge in [-0.05, 0) is 37.5 Å². The molecule has 1 aliphatic heterocycles. The maximum absolute atomic E-state index is 13.2. The van der Waals surface area contributed by atoms with E-state index in [1.54, 1.807) is 19.1 Å². The maximum atomic E-state index is 13.2. The van der Waals surface area contributed by atoms with Crippen molar-refractivity contribution in [3.05, 3.63) is 41.3 Å². The predicted octanol–water partition coefficient (Wildman–Crippen LogP) is 3.30. The van der Waals surface area contributed by atoms with Crippen LogP contribution in [0.1, 0.15) is 41.1 Å². The van der Waals surface area contributed by atoms with Crippen LogP contribution in [0.15, 0.2) is 24.4 Å². The zero-order valence-electron chi connectivity index (χ0n) is 13.3. The number of fused-ring (bicyclic) bond motifs is 1. The number of aromatic nitrogens is 3. The lowest BCUT2D eigenvalue weighted by Crippen LogP contribution is -2.43. The van der Waals surface area contributed by atoms with E-state index in [1.807, 2.05) is 6.92 Å². The number of carbonyl (C=O) groups is 1. The highest BCUT2D eigenvalue weighted by atomic mass is 19.4. The maximum Gasteiger partial charge on any atom is 0.410 e. The minimum atomic E-state index is -4.40. The summed E-state index contributed by atoms with van der Waals surface area (Å²) in [6.45, 7) is 3.54. The predicted molar refractivity (Wildman–Crippen MR) is 82.0 cm³/mol. The van der Waals surface area contributed by atoms with Crippen molar-refractivity contribution in [2.75, 3.05) is 11.4 Å². The standard InChI is InChI=1S/C16H17F3N4O/c1-3-11-4-6-20-12(9-11)15(24)22-7-5-13(16(17,18)19)23-14(22)8-10(2)21-23/h4,6,8-9,13H,3,5,7H2,1-2H3. The Bertz CT molecular complexity index is 769. The number of anilines is 1. The van der Waals surface area contributed by atoms with E-state index in [1.165, 1.54) is 17.2 Å². The molecule has 24 heavy (non-hydrogen) atoms. The first kappa shape index (κ1) is 16.5. The monoisotopic (exact) mass is 338 g/mol. The number of nitrogens with zero attached hydrogens (tertiary/aromatic N) is 4. The quantitative estimate of drug-likeness (QED) is 0.844. The van der Waals surface area contributed by atoms with Gasteiger partial charge in [0, 0.05) is 18.8 Å². The summed E-state index contributed by atoms with van der Waals surface area (Å²) in [5.74, 6) is -0.248. The van der Waals surface area contributed by atoms with Crippen LogP contribution in [0, 0.1) is 6.92 Å². The van der Waals surface area contributed by atoms with Gasteiger partial charge < -0.3 is 0 Å². The van der Waals surface area contributed by atoms with E-state index >= 15 is 0 Å². The molecule has 8 heteroatoms. The van der Waals surface area contributed by atoms with Crippen LogP contribution in [0.2, 0.25) is 0 Å². The number of carbonyl (C=O) groups excluding carboxylic acids is 1. The van der Waals surface area contributed by atoms with E-state index < -0.39 is 18.1 Å². The number of hydrogen-bond acceptors (Lipinski definition) is 3. The first-order valence-corrected chi connectivity index (χ1v) is 7.71. The highest BCUT2D eigenvalue weighted by molar-refractivity contribution is 6.04. The first-order valence-electron chi connectivity index (χ1n) is 7.71. The fourth-order valence-corrected chi connectivity index (χ4v) is 2.88. The minimum Gasteiger partial charge on any atom is -0.291 e. The number of rotatable bonds is 2. The number of hydrogen-bond donors (Lipinski definition) is 0. The Kier molecular flexibility index (Phi) is 4.06. The topological polar surface area (TPSA) is 51.0 Å². The van der Waals surface area contributed by atoms with Crippen molar-refractivity contribution in [2.45, 2.75) is 38.9 Å². The van der Waals surface area contributed by atoms with Crippen LogP contribution < -0.4 is 4.90 Å². The summed E-state index contributed by atoms with van der Waals surface area (Å²) in [5.41, 5.74) is 1.61. The highest BCUT2D eigenvalue weighted by Crippen LogP contribution is 2.39. The molecule has 0 N–H and O–H groups in total. The molecule has 0 bridgehead atoms. The molecule has 0 radical (unpaired) electrons. The summed E-state index contributed by atoms with van der Waals surface area (Å²) >= 11 is 0. The van der Waals surface area contributed by atoms with Gasteiger partial charge in [0.1, 0.15) is 11.5 Å². The second-order valence-corrected chi connectivity index (χ2v) is 5.79. The molecule has 0 saturated heterocycles. The SMILES string of the molecule is CCc1ccnc(C(=O)N2CCC(C(F)(F)F)n3nc(C)cc32)c1. The first-order chi connectivity index (χ1) is 11.3. The molecule has 1 amide bonds. The van der Waals surface area contributed by atoms with Crippen molar-refractivity contribution in [1.29, 1.82) is 0 Å². The minimum absolute atomic E-state index is 0.0217. The van der Waals surface area contributed by atoms with Gasteiger partial charge >= 0.3 is 6.18 Å². The van der Waals surface area contributed by atoms with Gasteiger partial charge in [-0.3, -0.25) is 14.7 Å². The third kappa shape index (κ3) is 2.88. The molecule has 1 unspecified atom stereocenters. The lowest BCUT2D eigenvalue weighted by Gasteiger charge is -2.33. The average molecular weight is 338 g/mol. The van der Waals surface area contributed by atoms with Gasteiger partial charge in [-0.15, -0.1) is 0 Å². The molecule has 2 aromatic heterocycles. The molecule has 1 aliphatic rings. The fourth-order valence-electron chi connectivity index (χ4n) is 2.88. The van der Waals surface area contributed by atoms with Crippen LogP contribution in [-0.4, -0.2) is 33.4 Å². The summed E-state index contributed by atoms with van der Waals surface area (Å²) in [5, 5.41) is 3.94. The average Bonchev–Trinajstić information content (AvgIpc) is 2.93. The molecule has 0 fully saturated rings. The lowest BCUT2D eigenvalue weighted by molar-refractivity contribution is -0.172. The van der Waals surface area contributed by atoms with Crippen molar-refractivity contribution in [3.8, 4) is 0 Å². The Morgan fingerprint density at radius 1 is 1.38 bits per heavy atom. The lowest BCUT2D eigenvalue weighted by atomic mass is 10.1. The highest BCUT2D eigenvalue weighted by Gasteiger charge is 2.46. The Labute approximate surface area is 137 Å². The molecule has 2 aromatic rings. The van der Waals surface area contributed by atoms with Crippen LogP contribution in [0.4, 0.5) is 19.0 Å². The van der Waals surface area contributed by atoms with Gasteiger partial charge in [0.25, 0.3) is 5.91 Å². The van der Waals surface area contributed by atoms with E-state index in [9.17, 15) is 18.0 Å². The van der Waals surface area contributed by atoms with Gasteiger partial charge in [-0.2, -0.15) is 18.3 Å². The van der Waals surface area contributed by atoms with E-state index in [2.05, 4.69) is 10.1 Å². The molecule has 5 nitrogen and oxygen atoms in total. The zero-order chi connectivity index (χ0) is 17.5. The molecule has 0 aromatic carbocycles. The molecule has 0 saturated carbocycles. The molecule has 128 valence electrons. The van der Waals surface area contributed by atoms with Crippen LogP contribution in [0.25, 0.3) is 0 Å². The molecular weight excluding hydrogens is 321 g/mol. The van der Waals surface area contributed by atoms with Gasteiger partial charge in [0.2, 0.25) is 0 Å². The number of pyridine rings is 1. The number of alkyl halides is 3. The Morgan fingerprint density at radius 2 is 2.12 bits per heavy atom. The zero-order valence-corrected chi connectivity index (χ0v) is 13.3. The molecule has 0 aliphatic carbocycles. The fraction of sp³-hybridized carbons (Fsp3) is 0.438. The van der Waals surface area contributed by atoms with Gasteiger partial charge in [0.15, 0.2) is 6.04 Å². The summed E-state index contributed by atoms with van der Waals surface area (Å²) in [6.07, 6.45) is -2.34. The normalized spacial score (nSPS) is 17.7. The third-order valence-electron chi connectivity index (χ3n) is 4.11. The van der Waals surface area contributed by atoms with Gasteiger partial charge in [-0.25, -0.2) is 4.68 Å². The molecule has 1 atom stereocenters. The Balaban J connectivity index is 1.98. The number of halogens is 3. The van der Waals surface area contributed by atoms with Crippen LogP contribution in [0.5, 0.6) is 0 Å². The van der Waals surface area contributed by atoms with Crippen molar-refractivity contribution < 1.29 is 18.0 Å². The Hall–Kier alpha value is -2.38. The molecule has 3 heterocycles. The van der Waals surface area contributed by atoms with E-state index in [0.717, 1.165) is 16.7 Å². The summed E-state index contributed by atoms with van der Waals surface area (Å²) in [6, 6.07) is 3.27. The van der Waals surface area contributed by atoms with Crippen molar-refractivity contribution in [1.82, 2.24) is 14.8 Å². The van der Waals surface area contributed by atoms with Crippen molar-refractivity contribution in [3.63, 3.8) is 0 Å². The number of aryl methyl sites for hydroxylation is 2. The molecule has 3 rings (SSSR count). The van der Waals surface area contributed by atoms with E-state index in [0.29, 0.717) is 5.69 Å². The van der Waals surface area contributed by atoms with E-state index in [4.69, 9.17) is 0 Å². The smallest absolute Gasteiger partial charge is 0.291 e. The van der Waals surface area contributed by atoms with Crippen LogP contribution in [0.3, 0.4) is 0 Å². The number of amides is 1. The van der Waals surface area contributed by atoms with Gasteiger partial charge in [-0.1, -0.05) is 6.92 Å². The third-order valence-corrected chi connectivity index (χ3v) is 4.11. The Morgan fingerprint density at radius 3 is 2.79 bits per heavy atom.